The Hall–Kier alpha value is -2.62. The average molecular weight is 330 g/mol. The van der Waals surface area contributed by atoms with Crippen molar-refractivity contribution in [3.8, 4) is 0 Å². The predicted octanol–water partition coefficient (Wildman–Crippen LogP) is 6.02. The smallest absolute Gasteiger partial charge is 0.207 e. The van der Waals surface area contributed by atoms with Crippen molar-refractivity contribution >= 4 is 0 Å². The maximum Gasteiger partial charge on any atom is 0.416 e. The quantitative estimate of drug-likeness (QED) is 0.406. The fraction of sp³-hybridized carbons (Fsp3) is 0.100. The van der Waals surface area contributed by atoms with E-state index >= 15 is 0 Å². The van der Waals surface area contributed by atoms with Gasteiger partial charge in [0.2, 0.25) is 0 Å². The molecule has 0 aliphatic heterocycles. The van der Waals surface area contributed by atoms with Crippen molar-refractivity contribution in [3.05, 3.63) is 107 Å². The van der Waals surface area contributed by atoms with Gasteiger partial charge in [-0.2, -0.15) is 13.2 Å². The van der Waals surface area contributed by atoms with Crippen molar-refractivity contribution in [3.63, 3.8) is 0 Å². The second kappa shape index (κ2) is 6.48. The molecule has 3 rings (SSSR count). The number of halogens is 4. The number of alkyl halides is 3. The largest absolute Gasteiger partial charge is 0.416 e. The Morgan fingerprint density at radius 1 is 0.583 bits per heavy atom. The molecule has 122 valence electrons. The molecule has 4 heteroatoms. The van der Waals surface area contributed by atoms with Gasteiger partial charge in [0.25, 0.3) is 0 Å². The number of benzene rings is 3. The number of hydrogen-bond donors (Lipinski definition) is 0. The first-order valence-corrected chi connectivity index (χ1v) is 7.43. The standard InChI is InChI=1S/C20H14F4/c21-18-12-8-16(9-13-18)19(14-4-2-1-3-5-14)15-6-10-17(11-7-15)20(22,23)24/h1-13,19H. The van der Waals surface area contributed by atoms with Gasteiger partial charge in [0.1, 0.15) is 5.82 Å². The van der Waals surface area contributed by atoms with E-state index in [4.69, 9.17) is 0 Å². The second-order valence-corrected chi connectivity index (χ2v) is 5.52. The van der Waals surface area contributed by atoms with Crippen LogP contribution in [-0.2, 0) is 6.18 Å². The molecule has 0 saturated heterocycles. The minimum Gasteiger partial charge on any atom is -0.207 e. The third-order valence-corrected chi connectivity index (χ3v) is 3.91. The SMILES string of the molecule is Fc1ccc(C(c2ccccc2)c2ccc(C(F)(F)F)cc2)cc1. The molecule has 0 nitrogen and oxygen atoms in total. The Morgan fingerprint density at radius 2 is 1.04 bits per heavy atom. The van der Waals surface area contributed by atoms with Crippen LogP contribution >= 0.6 is 0 Å². The van der Waals surface area contributed by atoms with Crippen LogP contribution < -0.4 is 0 Å². The highest BCUT2D eigenvalue weighted by molar-refractivity contribution is 5.43. The van der Waals surface area contributed by atoms with Crippen LogP contribution in [0.3, 0.4) is 0 Å². The first-order valence-electron chi connectivity index (χ1n) is 7.43. The lowest BCUT2D eigenvalue weighted by atomic mass is 9.85. The normalized spacial score (nSPS) is 12.8. The van der Waals surface area contributed by atoms with E-state index in [9.17, 15) is 17.6 Å². The topological polar surface area (TPSA) is 0 Å². The molecular formula is C20H14F4. The van der Waals surface area contributed by atoms with E-state index in [-0.39, 0.29) is 11.7 Å². The molecule has 0 N–H and O–H groups in total. The average Bonchev–Trinajstić information content (AvgIpc) is 2.58. The summed E-state index contributed by atoms with van der Waals surface area (Å²) in [5.41, 5.74) is 1.80. The van der Waals surface area contributed by atoms with Crippen LogP contribution in [0, 0.1) is 5.82 Å². The molecule has 0 amide bonds. The first-order chi connectivity index (χ1) is 11.4. The summed E-state index contributed by atoms with van der Waals surface area (Å²) in [5.74, 6) is -0.605. The molecule has 0 aromatic heterocycles. The van der Waals surface area contributed by atoms with E-state index in [2.05, 4.69) is 0 Å². The van der Waals surface area contributed by atoms with Crippen LogP contribution in [0.2, 0.25) is 0 Å². The summed E-state index contributed by atoms with van der Waals surface area (Å²) in [5, 5.41) is 0. The van der Waals surface area contributed by atoms with Crippen LogP contribution in [0.4, 0.5) is 17.6 Å². The van der Waals surface area contributed by atoms with Crippen LogP contribution in [0.25, 0.3) is 0 Å². The lowest BCUT2D eigenvalue weighted by Crippen LogP contribution is -2.07. The zero-order valence-electron chi connectivity index (χ0n) is 12.6. The molecule has 0 aliphatic carbocycles. The summed E-state index contributed by atoms with van der Waals surface area (Å²) in [6.45, 7) is 0. The van der Waals surface area contributed by atoms with Crippen molar-refractivity contribution in [2.75, 3.05) is 0 Å². The zero-order chi connectivity index (χ0) is 17.2. The summed E-state index contributed by atoms with van der Waals surface area (Å²) in [4.78, 5) is 0. The lowest BCUT2D eigenvalue weighted by Gasteiger charge is -2.19. The molecule has 0 saturated carbocycles. The van der Waals surface area contributed by atoms with Gasteiger partial charge in [0.05, 0.1) is 5.56 Å². The molecule has 0 heterocycles. The molecule has 3 aromatic rings. The van der Waals surface area contributed by atoms with E-state index in [1.807, 2.05) is 30.3 Å². The van der Waals surface area contributed by atoms with Crippen LogP contribution in [-0.4, -0.2) is 0 Å². The zero-order valence-corrected chi connectivity index (χ0v) is 12.6. The molecule has 0 spiro atoms. The third-order valence-electron chi connectivity index (χ3n) is 3.91. The van der Waals surface area contributed by atoms with Crippen LogP contribution in [0.1, 0.15) is 28.2 Å². The van der Waals surface area contributed by atoms with Gasteiger partial charge in [0, 0.05) is 5.92 Å². The molecule has 0 radical (unpaired) electrons. The number of hydrogen-bond acceptors (Lipinski definition) is 0. The third kappa shape index (κ3) is 3.48. The second-order valence-electron chi connectivity index (χ2n) is 5.52. The Bertz CT molecular complexity index is 788. The minimum atomic E-state index is -4.36. The molecule has 1 unspecified atom stereocenters. The van der Waals surface area contributed by atoms with Gasteiger partial charge in [-0.1, -0.05) is 54.6 Å². The van der Waals surface area contributed by atoms with Gasteiger partial charge in [-0.05, 0) is 41.0 Å². The summed E-state index contributed by atoms with van der Waals surface area (Å²) in [7, 11) is 0. The van der Waals surface area contributed by atoms with Crippen molar-refractivity contribution < 1.29 is 17.6 Å². The van der Waals surface area contributed by atoms with Gasteiger partial charge in [-0.3, -0.25) is 0 Å². The fourth-order valence-corrected chi connectivity index (χ4v) is 2.74. The predicted molar refractivity (Wildman–Crippen MR) is 85.2 cm³/mol. The maximum absolute atomic E-state index is 13.2. The van der Waals surface area contributed by atoms with E-state index in [0.717, 1.165) is 28.8 Å². The van der Waals surface area contributed by atoms with E-state index in [0.29, 0.717) is 0 Å². The fourth-order valence-electron chi connectivity index (χ4n) is 2.74. The number of rotatable bonds is 3. The van der Waals surface area contributed by atoms with Gasteiger partial charge in [0.15, 0.2) is 0 Å². The van der Waals surface area contributed by atoms with Crippen molar-refractivity contribution in [1.29, 1.82) is 0 Å². The summed E-state index contributed by atoms with van der Waals surface area (Å²) in [6.07, 6.45) is -4.36. The van der Waals surface area contributed by atoms with Gasteiger partial charge < -0.3 is 0 Å². The molecule has 3 aromatic carbocycles. The maximum atomic E-state index is 13.2. The highest BCUT2D eigenvalue weighted by Crippen LogP contribution is 2.34. The molecule has 1 atom stereocenters. The molecule has 0 fully saturated rings. The van der Waals surface area contributed by atoms with Crippen molar-refractivity contribution in [2.24, 2.45) is 0 Å². The van der Waals surface area contributed by atoms with Gasteiger partial charge in [-0.25, -0.2) is 4.39 Å². The first kappa shape index (κ1) is 16.2. The van der Waals surface area contributed by atoms with Crippen molar-refractivity contribution in [2.45, 2.75) is 12.1 Å². The van der Waals surface area contributed by atoms with E-state index in [1.54, 1.807) is 12.1 Å². The summed E-state index contributed by atoms with van der Waals surface area (Å²) >= 11 is 0. The summed E-state index contributed by atoms with van der Waals surface area (Å²) < 4.78 is 51.5. The van der Waals surface area contributed by atoms with Crippen LogP contribution in [0.15, 0.2) is 78.9 Å². The van der Waals surface area contributed by atoms with Crippen LogP contribution in [0.5, 0.6) is 0 Å². The lowest BCUT2D eigenvalue weighted by molar-refractivity contribution is -0.137. The Morgan fingerprint density at radius 3 is 1.54 bits per heavy atom. The van der Waals surface area contributed by atoms with Gasteiger partial charge in [-0.15, -0.1) is 0 Å². The molecule has 0 aliphatic rings. The Balaban J connectivity index is 2.06. The van der Waals surface area contributed by atoms with E-state index < -0.39 is 11.7 Å². The Kier molecular flexibility index (Phi) is 4.38. The van der Waals surface area contributed by atoms with Crippen molar-refractivity contribution in [1.82, 2.24) is 0 Å². The molecule has 0 bridgehead atoms. The summed E-state index contributed by atoms with van der Waals surface area (Å²) in [6, 6.07) is 20.6. The minimum absolute atomic E-state index is 0.255. The highest BCUT2D eigenvalue weighted by atomic mass is 19.4. The molecule has 24 heavy (non-hydrogen) atoms. The molecular weight excluding hydrogens is 316 g/mol. The van der Waals surface area contributed by atoms with E-state index in [1.165, 1.54) is 24.3 Å². The van der Waals surface area contributed by atoms with Gasteiger partial charge >= 0.3 is 6.18 Å². The monoisotopic (exact) mass is 330 g/mol. The Labute approximate surface area is 137 Å². The highest BCUT2D eigenvalue weighted by Gasteiger charge is 2.30.